The van der Waals surface area contributed by atoms with Crippen LogP contribution in [0.25, 0.3) is 0 Å². The van der Waals surface area contributed by atoms with Crippen LogP contribution in [0, 0.1) is 5.92 Å². The highest BCUT2D eigenvalue weighted by atomic mass is 16.3. The molecule has 1 aromatic carbocycles. The molecule has 3 aliphatic rings. The van der Waals surface area contributed by atoms with Gasteiger partial charge in [0, 0.05) is 11.0 Å². The molecule has 0 aromatic heterocycles. The zero-order valence-electron chi connectivity index (χ0n) is 13.4. The van der Waals surface area contributed by atoms with Crippen molar-refractivity contribution >= 4 is 0 Å². The van der Waals surface area contributed by atoms with Crippen molar-refractivity contribution in [2.24, 2.45) is 5.92 Å². The summed E-state index contributed by atoms with van der Waals surface area (Å²) in [5.41, 5.74) is 1.56. The number of rotatable bonds is 5. The van der Waals surface area contributed by atoms with Crippen molar-refractivity contribution in [3.05, 3.63) is 35.9 Å². The lowest BCUT2D eigenvalue weighted by Gasteiger charge is -2.57. The molecule has 0 heterocycles. The topological polar surface area (TPSA) is 32.3 Å². The fourth-order valence-corrected chi connectivity index (χ4v) is 4.40. The maximum atomic E-state index is 10.8. The summed E-state index contributed by atoms with van der Waals surface area (Å²) >= 11 is 0. The van der Waals surface area contributed by atoms with E-state index in [-0.39, 0.29) is 17.1 Å². The molecule has 2 N–H and O–H groups in total. The fourth-order valence-electron chi connectivity index (χ4n) is 4.40. The lowest BCUT2D eigenvalue weighted by molar-refractivity contribution is -0.0497. The Kier molecular flexibility index (Phi) is 4.11. The number of aliphatic hydroxyl groups is 1. The summed E-state index contributed by atoms with van der Waals surface area (Å²) in [7, 11) is 0. The van der Waals surface area contributed by atoms with Crippen LogP contribution in [-0.2, 0) is 5.41 Å². The van der Waals surface area contributed by atoms with Crippen molar-refractivity contribution in [1.29, 1.82) is 0 Å². The zero-order valence-corrected chi connectivity index (χ0v) is 13.4. The van der Waals surface area contributed by atoms with E-state index in [1.54, 1.807) is 0 Å². The molecule has 0 spiro atoms. The summed E-state index contributed by atoms with van der Waals surface area (Å²) < 4.78 is 0. The van der Waals surface area contributed by atoms with Crippen LogP contribution >= 0.6 is 0 Å². The van der Waals surface area contributed by atoms with Gasteiger partial charge in [-0.15, -0.1) is 0 Å². The molecular formula is C19H29NO. The van der Waals surface area contributed by atoms with Gasteiger partial charge in [-0.1, -0.05) is 44.2 Å². The van der Waals surface area contributed by atoms with Crippen molar-refractivity contribution in [2.45, 2.75) is 69.4 Å². The van der Waals surface area contributed by atoms with Crippen molar-refractivity contribution in [3.63, 3.8) is 0 Å². The van der Waals surface area contributed by atoms with Gasteiger partial charge in [-0.05, 0) is 56.6 Å². The maximum Gasteiger partial charge on any atom is 0.0654 e. The normalized spacial score (nSPS) is 35.3. The number of fused-ring (bicyclic) bond motifs is 3. The van der Waals surface area contributed by atoms with Crippen molar-refractivity contribution in [1.82, 2.24) is 5.32 Å². The summed E-state index contributed by atoms with van der Waals surface area (Å²) in [6, 6.07) is 10.7. The number of hydrogen-bond donors (Lipinski definition) is 2. The first-order valence-electron chi connectivity index (χ1n) is 8.55. The van der Waals surface area contributed by atoms with E-state index in [1.165, 1.54) is 24.8 Å². The molecule has 2 bridgehead atoms. The second-order valence-corrected chi connectivity index (χ2v) is 7.63. The summed E-state index contributed by atoms with van der Waals surface area (Å²) in [6.45, 7) is 5.63. The van der Waals surface area contributed by atoms with Gasteiger partial charge in [-0.25, -0.2) is 0 Å². The molecule has 3 fully saturated rings. The highest BCUT2D eigenvalue weighted by Gasteiger charge is 2.54. The van der Waals surface area contributed by atoms with Crippen molar-refractivity contribution in [3.8, 4) is 0 Å². The predicted molar refractivity (Wildman–Crippen MR) is 87.4 cm³/mol. The average Bonchev–Trinajstić information content (AvgIpc) is 2.49. The minimum atomic E-state index is -0.200. The molecule has 3 saturated carbocycles. The van der Waals surface area contributed by atoms with Gasteiger partial charge in [-0.3, -0.25) is 0 Å². The second-order valence-electron chi connectivity index (χ2n) is 7.63. The molecule has 4 rings (SSSR count). The minimum absolute atomic E-state index is 0.0166. The van der Waals surface area contributed by atoms with Gasteiger partial charge < -0.3 is 10.4 Å². The largest absolute Gasteiger partial charge is 0.392 e. The van der Waals surface area contributed by atoms with E-state index in [1.807, 2.05) is 0 Å². The maximum absolute atomic E-state index is 10.8. The lowest BCUT2D eigenvalue weighted by Crippen LogP contribution is -2.62. The molecule has 0 aliphatic heterocycles. The van der Waals surface area contributed by atoms with Gasteiger partial charge in [0.05, 0.1) is 6.10 Å². The van der Waals surface area contributed by atoms with Crippen LogP contribution in [0.3, 0.4) is 0 Å². The molecule has 0 radical (unpaired) electrons. The SMILES string of the molecule is CC(C)CCNC12CCC(c3ccccc3)(CC1)[C@@H](O)C2. The lowest BCUT2D eigenvalue weighted by atomic mass is 9.53. The van der Waals surface area contributed by atoms with Gasteiger partial charge in [-0.2, -0.15) is 0 Å². The van der Waals surface area contributed by atoms with E-state index in [9.17, 15) is 5.11 Å². The van der Waals surface area contributed by atoms with E-state index in [0.29, 0.717) is 0 Å². The number of nitrogens with one attached hydrogen (secondary N) is 1. The molecule has 0 saturated heterocycles. The van der Waals surface area contributed by atoms with Gasteiger partial charge in [0.1, 0.15) is 0 Å². The fraction of sp³-hybridized carbons (Fsp3) is 0.684. The Morgan fingerprint density at radius 3 is 2.38 bits per heavy atom. The summed E-state index contributed by atoms with van der Waals surface area (Å²) in [5, 5.41) is 14.6. The van der Waals surface area contributed by atoms with E-state index in [4.69, 9.17) is 0 Å². The standard InChI is InChI=1S/C19H29NO/c1-15(2)8-13-20-18-9-11-19(12-10-18,17(21)14-18)16-6-4-3-5-7-16/h3-7,15,17,20-21H,8-14H2,1-2H3/t17-,18?,19?/m0/s1. The van der Waals surface area contributed by atoms with Crippen LogP contribution in [0.2, 0.25) is 0 Å². The zero-order chi connectivity index (χ0) is 14.9. The number of aliphatic hydroxyl groups excluding tert-OH is 1. The van der Waals surface area contributed by atoms with Gasteiger partial charge in [0.25, 0.3) is 0 Å². The summed E-state index contributed by atoms with van der Waals surface area (Å²) in [5.74, 6) is 0.745. The monoisotopic (exact) mass is 287 g/mol. The highest BCUT2D eigenvalue weighted by Crippen LogP contribution is 2.53. The van der Waals surface area contributed by atoms with E-state index in [2.05, 4.69) is 49.5 Å². The van der Waals surface area contributed by atoms with E-state index < -0.39 is 0 Å². The minimum Gasteiger partial charge on any atom is -0.392 e. The third kappa shape index (κ3) is 2.76. The Morgan fingerprint density at radius 2 is 1.81 bits per heavy atom. The molecule has 21 heavy (non-hydrogen) atoms. The Hall–Kier alpha value is -0.860. The highest BCUT2D eigenvalue weighted by molar-refractivity contribution is 5.31. The third-order valence-corrected chi connectivity index (χ3v) is 5.89. The Labute approximate surface area is 129 Å². The Balaban J connectivity index is 1.71. The first kappa shape index (κ1) is 15.1. The van der Waals surface area contributed by atoms with Crippen LogP contribution in [0.5, 0.6) is 0 Å². The average molecular weight is 287 g/mol. The van der Waals surface area contributed by atoms with Crippen LogP contribution < -0.4 is 5.32 Å². The van der Waals surface area contributed by atoms with Crippen LogP contribution in [0.15, 0.2) is 30.3 Å². The van der Waals surface area contributed by atoms with Gasteiger partial charge in [0.2, 0.25) is 0 Å². The Bertz CT molecular complexity index is 460. The number of benzene rings is 1. The second kappa shape index (κ2) is 5.73. The summed E-state index contributed by atoms with van der Waals surface area (Å²) in [6.07, 6.45) is 6.59. The van der Waals surface area contributed by atoms with Crippen LogP contribution in [0.1, 0.15) is 57.9 Å². The summed E-state index contributed by atoms with van der Waals surface area (Å²) in [4.78, 5) is 0. The quantitative estimate of drug-likeness (QED) is 0.866. The predicted octanol–water partition coefficient (Wildman–Crippen LogP) is 3.64. The molecular weight excluding hydrogens is 258 g/mol. The van der Waals surface area contributed by atoms with Crippen LogP contribution in [-0.4, -0.2) is 23.3 Å². The first-order chi connectivity index (χ1) is 10.1. The smallest absolute Gasteiger partial charge is 0.0654 e. The van der Waals surface area contributed by atoms with Crippen LogP contribution in [0.4, 0.5) is 0 Å². The van der Waals surface area contributed by atoms with Gasteiger partial charge >= 0.3 is 0 Å². The molecule has 0 amide bonds. The first-order valence-corrected chi connectivity index (χ1v) is 8.55. The molecule has 2 nitrogen and oxygen atoms in total. The van der Waals surface area contributed by atoms with Gasteiger partial charge in [0.15, 0.2) is 0 Å². The molecule has 1 aromatic rings. The number of hydrogen-bond acceptors (Lipinski definition) is 2. The van der Waals surface area contributed by atoms with E-state index >= 15 is 0 Å². The molecule has 2 heteroatoms. The van der Waals surface area contributed by atoms with E-state index in [0.717, 1.165) is 31.7 Å². The van der Waals surface area contributed by atoms with Crippen molar-refractivity contribution < 1.29 is 5.11 Å². The molecule has 0 unspecified atom stereocenters. The molecule has 1 atom stereocenters. The Morgan fingerprint density at radius 1 is 1.14 bits per heavy atom. The van der Waals surface area contributed by atoms with Crippen molar-refractivity contribution in [2.75, 3.05) is 6.54 Å². The molecule has 3 aliphatic carbocycles. The molecule has 116 valence electrons. The third-order valence-electron chi connectivity index (χ3n) is 5.89.